The molecule has 1 amide bonds. The first-order valence-corrected chi connectivity index (χ1v) is 5.72. The van der Waals surface area contributed by atoms with Crippen molar-refractivity contribution in [1.29, 1.82) is 0 Å². The molecule has 16 heavy (non-hydrogen) atoms. The second kappa shape index (κ2) is 8.10. The number of primary amides is 1. The van der Waals surface area contributed by atoms with E-state index < -0.39 is 0 Å². The molecule has 0 spiro atoms. The Balaban J connectivity index is 4.20. The molecule has 94 valence electrons. The van der Waals surface area contributed by atoms with Crippen molar-refractivity contribution in [2.24, 2.45) is 5.73 Å². The summed E-state index contributed by atoms with van der Waals surface area (Å²) in [5, 5.41) is 3.06. The molecule has 0 aliphatic carbocycles. The predicted molar refractivity (Wildman–Crippen MR) is 61.7 cm³/mol. The fourth-order valence-corrected chi connectivity index (χ4v) is 1.50. The molecule has 2 atom stereocenters. The van der Waals surface area contributed by atoms with Gasteiger partial charge in [-0.1, -0.05) is 13.3 Å². The van der Waals surface area contributed by atoms with Crippen molar-refractivity contribution >= 4 is 11.9 Å². The Morgan fingerprint density at radius 3 is 2.44 bits per heavy atom. The maximum atomic E-state index is 11.6. The van der Waals surface area contributed by atoms with E-state index >= 15 is 0 Å². The van der Waals surface area contributed by atoms with Crippen LogP contribution < -0.4 is 11.1 Å². The second-order valence-electron chi connectivity index (χ2n) is 3.83. The Morgan fingerprint density at radius 1 is 1.38 bits per heavy atom. The van der Waals surface area contributed by atoms with Crippen LogP contribution in [0.15, 0.2) is 0 Å². The lowest BCUT2D eigenvalue weighted by molar-refractivity contribution is -0.146. The number of ether oxygens (including phenoxy) is 1. The van der Waals surface area contributed by atoms with Gasteiger partial charge in [0.2, 0.25) is 5.91 Å². The third kappa shape index (κ3) is 6.40. The van der Waals surface area contributed by atoms with Gasteiger partial charge in [0.1, 0.15) is 6.04 Å². The molecule has 5 heteroatoms. The number of rotatable bonds is 8. The molecule has 0 aliphatic heterocycles. The Labute approximate surface area is 96.7 Å². The van der Waals surface area contributed by atoms with Gasteiger partial charge >= 0.3 is 5.97 Å². The Kier molecular flexibility index (Phi) is 7.54. The van der Waals surface area contributed by atoms with Crippen LogP contribution >= 0.6 is 0 Å². The molecular formula is C11H22N2O3. The van der Waals surface area contributed by atoms with Gasteiger partial charge in [0.05, 0.1) is 6.61 Å². The summed E-state index contributed by atoms with van der Waals surface area (Å²) in [6.07, 6.45) is 1.79. The summed E-state index contributed by atoms with van der Waals surface area (Å²) >= 11 is 0. The first kappa shape index (κ1) is 14.9. The number of nitrogens with two attached hydrogens (primary N) is 1. The fourth-order valence-electron chi connectivity index (χ4n) is 1.50. The van der Waals surface area contributed by atoms with Gasteiger partial charge in [-0.3, -0.25) is 9.59 Å². The van der Waals surface area contributed by atoms with E-state index in [-0.39, 0.29) is 30.4 Å². The van der Waals surface area contributed by atoms with Crippen LogP contribution in [0.5, 0.6) is 0 Å². The number of carbonyl (C=O) groups is 2. The summed E-state index contributed by atoms with van der Waals surface area (Å²) in [6.45, 7) is 5.96. The van der Waals surface area contributed by atoms with Gasteiger partial charge in [0, 0.05) is 12.5 Å². The molecule has 0 aliphatic rings. The van der Waals surface area contributed by atoms with E-state index in [1.807, 2.05) is 13.8 Å². The highest BCUT2D eigenvalue weighted by molar-refractivity contribution is 5.76. The smallest absolute Gasteiger partial charge is 0.323 e. The Morgan fingerprint density at radius 2 is 2.00 bits per heavy atom. The molecule has 0 bridgehead atoms. The lowest BCUT2D eigenvalue weighted by atomic mass is 10.1. The fraction of sp³-hybridized carbons (Fsp3) is 0.818. The molecule has 0 heterocycles. The van der Waals surface area contributed by atoms with Crippen molar-refractivity contribution in [3.8, 4) is 0 Å². The minimum atomic E-state index is -0.376. The Bertz CT molecular complexity index is 231. The topological polar surface area (TPSA) is 81.4 Å². The van der Waals surface area contributed by atoms with Gasteiger partial charge in [-0.05, 0) is 20.3 Å². The number of nitrogens with one attached hydrogen (secondary N) is 1. The normalized spacial score (nSPS) is 14.2. The van der Waals surface area contributed by atoms with E-state index in [9.17, 15) is 9.59 Å². The van der Waals surface area contributed by atoms with E-state index in [4.69, 9.17) is 10.5 Å². The van der Waals surface area contributed by atoms with Crippen molar-refractivity contribution in [1.82, 2.24) is 5.32 Å². The van der Waals surface area contributed by atoms with Crippen LogP contribution in [0.1, 0.15) is 40.0 Å². The van der Waals surface area contributed by atoms with Crippen LogP contribution in [0.4, 0.5) is 0 Å². The molecule has 0 aromatic heterocycles. The van der Waals surface area contributed by atoms with Gasteiger partial charge in [-0.15, -0.1) is 0 Å². The molecule has 0 saturated carbocycles. The quantitative estimate of drug-likeness (QED) is 0.597. The van der Waals surface area contributed by atoms with Crippen molar-refractivity contribution < 1.29 is 14.3 Å². The minimum absolute atomic E-state index is 0.113. The number of amides is 1. The molecule has 3 N–H and O–H groups in total. The molecule has 0 saturated heterocycles. The average molecular weight is 230 g/mol. The van der Waals surface area contributed by atoms with Gasteiger partial charge in [0.15, 0.2) is 0 Å². The number of hydrogen-bond donors (Lipinski definition) is 2. The largest absolute Gasteiger partial charge is 0.465 e. The highest BCUT2D eigenvalue weighted by Gasteiger charge is 2.21. The lowest BCUT2D eigenvalue weighted by Gasteiger charge is -2.20. The average Bonchev–Trinajstić information content (AvgIpc) is 2.16. The van der Waals surface area contributed by atoms with Crippen LogP contribution in [0, 0.1) is 0 Å². The molecule has 0 aromatic carbocycles. The zero-order chi connectivity index (χ0) is 12.6. The predicted octanol–water partition coefficient (Wildman–Crippen LogP) is 0.572. The molecule has 0 rings (SSSR count). The zero-order valence-electron chi connectivity index (χ0n) is 10.3. The maximum absolute atomic E-state index is 11.6. The third-order valence-corrected chi connectivity index (χ3v) is 2.14. The van der Waals surface area contributed by atoms with Crippen molar-refractivity contribution in [3.05, 3.63) is 0 Å². The molecule has 0 fully saturated rings. The van der Waals surface area contributed by atoms with Gasteiger partial charge < -0.3 is 15.8 Å². The summed E-state index contributed by atoms with van der Waals surface area (Å²) < 4.78 is 4.94. The van der Waals surface area contributed by atoms with Gasteiger partial charge in [0.25, 0.3) is 0 Å². The van der Waals surface area contributed by atoms with Gasteiger partial charge in [-0.25, -0.2) is 0 Å². The number of carbonyl (C=O) groups excluding carboxylic acids is 2. The monoisotopic (exact) mass is 230 g/mol. The first-order valence-electron chi connectivity index (χ1n) is 5.72. The van der Waals surface area contributed by atoms with Crippen LogP contribution in [-0.2, 0) is 14.3 Å². The first-order chi connectivity index (χ1) is 7.51. The van der Waals surface area contributed by atoms with E-state index in [1.54, 1.807) is 6.92 Å². The van der Waals surface area contributed by atoms with E-state index in [0.29, 0.717) is 13.0 Å². The number of hydrogen-bond acceptors (Lipinski definition) is 4. The highest BCUT2D eigenvalue weighted by Crippen LogP contribution is 2.02. The van der Waals surface area contributed by atoms with E-state index in [2.05, 4.69) is 5.32 Å². The van der Waals surface area contributed by atoms with Crippen molar-refractivity contribution in [2.75, 3.05) is 6.61 Å². The summed E-state index contributed by atoms with van der Waals surface area (Å²) in [5.74, 6) is -0.639. The van der Waals surface area contributed by atoms with Crippen LogP contribution in [0.3, 0.4) is 0 Å². The SMILES string of the molecule is CCCC(NC(C)CC(N)=O)C(=O)OCC. The van der Waals surface area contributed by atoms with Gasteiger partial charge in [-0.2, -0.15) is 0 Å². The van der Waals surface area contributed by atoms with E-state index in [1.165, 1.54) is 0 Å². The molecular weight excluding hydrogens is 208 g/mol. The molecule has 0 radical (unpaired) electrons. The maximum Gasteiger partial charge on any atom is 0.323 e. The van der Waals surface area contributed by atoms with Crippen LogP contribution in [0.25, 0.3) is 0 Å². The molecule has 5 nitrogen and oxygen atoms in total. The minimum Gasteiger partial charge on any atom is -0.465 e. The van der Waals surface area contributed by atoms with Crippen molar-refractivity contribution in [3.63, 3.8) is 0 Å². The summed E-state index contributed by atoms with van der Waals surface area (Å²) in [5.41, 5.74) is 5.08. The molecule has 0 aromatic rings. The van der Waals surface area contributed by atoms with Crippen LogP contribution in [0.2, 0.25) is 0 Å². The third-order valence-electron chi connectivity index (χ3n) is 2.14. The molecule has 2 unspecified atom stereocenters. The highest BCUT2D eigenvalue weighted by atomic mass is 16.5. The number of esters is 1. The zero-order valence-corrected chi connectivity index (χ0v) is 10.3. The van der Waals surface area contributed by atoms with Crippen molar-refractivity contribution in [2.45, 2.75) is 52.1 Å². The second-order valence-corrected chi connectivity index (χ2v) is 3.83. The summed E-state index contributed by atoms with van der Waals surface area (Å²) in [6, 6.07) is -0.460. The van der Waals surface area contributed by atoms with Crippen LogP contribution in [-0.4, -0.2) is 30.6 Å². The standard InChI is InChI=1S/C11H22N2O3/c1-4-6-9(11(15)16-5-2)13-8(3)7-10(12)14/h8-9,13H,4-7H2,1-3H3,(H2,12,14). The Hall–Kier alpha value is -1.10. The van der Waals surface area contributed by atoms with E-state index in [0.717, 1.165) is 6.42 Å². The summed E-state index contributed by atoms with van der Waals surface area (Å²) in [7, 11) is 0. The summed E-state index contributed by atoms with van der Waals surface area (Å²) in [4.78, 5) is 22.3. The lowest BCUT2D eigenvalue weighted by Crippen LogP contribution is -2.44.